The Bertz CT molecular complexity index is 619. The van der Waals surface area contributed by atoms with Gasteiger partial charge in [0.2, 0.25) is 0 Å². The summed E-state index contributed by atoms with van der Waals surface area (Å²) in [5.41, 5.74) is 7.35. The van der Waals surface area contributed by atoms with Crippen molar-refractivity contribution in [2.45, 2.75) is 32.3 Å². The van der Waals surface area contributed by atoms with E-state index >= 15 is 0 Å². The largest absolute Gasteiger partial charge is 0.459 e. The van der Waals surface area contributed by atoms with Crippen LogP contribution in [0.3, 0.4) is 0 Å². The van der Waals surface area contributed by atoms with Crippen LogP contribution in [0, 0.1) is 0 Å². The molecule has 0 aliphatic heterocycles. The van der Waals surface area contributed by atoms with Gasteiger partial charge < -0.3 is 15.2 Å². The van der Waals surface area contributed by atoms with Gasteiger partial charge in [-0.25, -0.2) is 9.59 Å². The van der Waals surface area contributed by atoms with Crippen molar-refractivity contribution in [3.63, 3.8) is 0 Å². The fourth-order valence-electron chi connectivity index (χ4n) is 2.12. The zero-order valence-electron chi connectivity index (χ0n) is 13.8. The van der Waals surface area contributed by atoms with Crippen LogP contribution in [0.25, 0.3) is 5.57 Å². The zero-order valence-corrected chi connectivity index (χ0v) is 13.8. The fraction of sp³-hybridized carbons (Fsp3) is 0.333. The average molecular weight is 317 g/mol. The van der Waals surface area contributed by atoms with Gasteiger partial charge in [0.25, 0.3) is 0 Å². The minimum atomic E-state index is -0.922. The molecule has 2 N–H and O–H groups in total. The van der Waals surface area contributed by atoms with E-state index in [1.54, 1.807) is 0 Å². The topological polar surface area (TPSA) is 78.6 Å². The number of nitrogens with two attached hydrogens (primary N) is 1. The van der Waals surface area contributed by atoms with Crippen molar-refractivity contribution in [3.8, 4) is 0 Å². The minimum absolute atomic E-state index is 0.113. The molecule has 1 amide bonds. The Morgan fingerprint density at radius 1 is 1.39 bits per heavy atom. The van der Waals surface area contributed by atoms with Gasteiger partial charge in [0.1, 0.15) is 12.7 Å². The fourth-order valence-corrected chi connectivity index (χ4v) is 2.12. The van der Waals surface area contributed by atoms with Crippen LogP contribution in [-0.4, -0.2) is 24.8 Å². The van der Waals surface area contributed by atoms with Crippen molar-refractivity contribution in [2.24, 2.45) is 5.73 Å². The van der Waals surface area contributed by atoms with Crippen molar-refractivity contribution in [2.75, 3.05) is 6.61 Å². The van der Waals surface area contributed by atoms with Gasteiger partial charge in [-0.15, -0.1) is 0 Å². The normalized spacial score (nSPS) is 12.1. The Kier molecular flexibility index (Phi) is 6.13. The van der Waals surface area contributed by atoms with Gasteiger partial charge in [-0.05, 0) is 18.1 Å². The first-order valence-corrected chi connectivity index (χ1v) is 7.20. The molecule has 0 spiro atoms. The van der Waals surface area contributed by atoms with E-state index in [4.69, 9.17) is 15.2 Å². The SMILES string of the molecule is C=CC(=O)OCC(OC(N)=O)C(C)(C)c1cccc(C(=C)C)c1. The second-order valence-electron chi connectivity index (χ2n) is 5.84. The van der Waals surface area contributed by atoms with E-state index in [2.05, 4.69) is 13.2 Å². The average Bonchev–Trinajstić information content (AvgIpc) is 2.50. The van der Waals surface area contributed by atoms with E-state index in [1.807, 2.05) is 45.0 Å². The number of carbonyl (C=O) groups is 2. The summed E-state index contributed by atoms with van der Waals surface area (Å²) in [5, 5.41) is 0. The summed E-state index contributed by atoms with van der Waals surface area (Å²) in [4.78, 5) is 22.5. The lowest BCUT2D eigenvalue weighted by molar-refractivity contribution is -0.141. The van der Waals surface area contributed by atoms with E-state index < -0.39 is 23.6 Å². The number of ether oxygens (including phenoxy) is 2. The second kappa shape index (κ2) is 7.63. The van der Waals surface area contributed by atoms with E-state index in [9.17, 15) is 9.59 Å². The second-order valence-corrected chi connectivity index (χ2v) is 5.84. The summed E-state index contributed by atoms with van der Waals surface area (Å²) in [5.74, 6) is -0.588. The van der Waals surface area contributed by atoms with Crippen LogP contribution in [0.1, 0.15) is 31.9 Å². The Hall–Kier alpha value is -2.56. The molecule has 0 radical (unpaired) electrons. The molecule has 1 rings (SSSR count). The number of primary amides is 1. The molecule has 0 aromatic heterocycles. The number of hydrogen-bond donors (Lipinski definition) is 1. The molecular formula is C18H23NO4. The summed E-state index contributed by atoms with van der Waals surface area (Å²) in [6.45, 7) is 12.8. The molecule has 0 heterocycles. The maximum atomic E-state index is 11.3. The first kappa shape index (κ1) is 18.5. The maximum absolute atomic E-state index is 11.3. The van der Waals surface area contributed by atoms with Crippen molar-refractivity contribution in [1.82, 2.24) is 0 Å². The zero-order chi connectivity index (χ0) is 17.6. The molecule has 0 aliphatic rings. The predicted octanol–water partition coefficient (Wildman–Crippen LogP) is 3.19. The van der Waals surface area contributed by atoms with Gasteiger partial charge in [0.15, 0.2) is 0 Å². The van der Waals surface area contributed by atoms with Gasteiger partial charge in [-0.3, -0.25) is 0 Å². The molecule has 0 aliphatic carbocycles. The lowest BCUT2D eigenvalue weighted by atomic mass is 9.78. The van der Waals surface area contributed by atoms with Crippen molar-refractivity contribution in [3.05, 3.63) is 54.6 Å². The Balaban J connectivity index is 3.12. The van der Waals surface area contributed by atoms with Gasteiger partial charge in [-0.2, -0.15) is 0 Å². The quantitative estimate of drug-likeness (QED) is 0.619. The summed E-state index contributed by atoms with van der Waals surface area (Å²) in [6, 6.07) is 7.73. The molecule has 23 heavy (non-hydrogen) atoms. The lowest BCUT2D eigenvalue weighted by Crippen LogP contribution is -2.42. The van der Waals surface area contributed by atoms with Crippen LogP contribution in [0.2, 0.25) is 0 Å². The third-order valence-electron chi connectivity index (χ3n) is 3.71. The summed E-state index contributed by atoms with van der Waals surface area (Å²) >= 11 is 0. The van der Waals surface area contributed by atoms with Crippen molar-refractivity contribution >= 4 is 17.6 Å². The van der Waals surface area contributed by atoms with E-state index in [-0.39, 0.29) is 6.61 Å². The number of carbonyl (C=O) groups excluding carboxylic acids is 2. The molecule has 1 unspecified atom stereocenters. The van der Waals surface area contributed by atoms with Crippen molar-refractivity contribution in [1.29, 1.82) is 0 Å². The molecule has 124 valence electrons. The van der Waals surface area contributed by atoms with E-state index in [0.29, 0.717) is 0 Å². The van der Waals surface area contributed by atoms with Gasteiger partial charge >= 0.3 is 12.1 Å². The molecule has 1 aromatic carbocycles. The highest BCUT2D eigenvalue weighted by molar-refractivity contribution is 5.81. The van der Waals surface area contributed by atoms with Gasteiger partial charge in [-0.1, -0.05) is 56.8 Å². The molecule has 5 nitrogen and oxygen atoms in total. The molecule has 5 heteroatoms. The summed E-state index contributed by atoms with van der Waals surface area (Å²) in [7, 11) is 0. The molecular weight excluding hydrogens is 294 g/mol. The molecule has 1 aromatic rings. The molecule has 1 atom stereocenters. The highest BCUT2D eigenvalue weighted by Crippen LogP contribution is 2.31. The van der Waals surface area contributed by atoms with Gasteiger partial charge in [0, 0.05) is 11.5 Å². The van der Waals surface area contributed by atoms with Crippen LogP contribution < -0.4 is 5.73 Å². The number of esters is 1. The molecule has 0 saturated carbocycles. The standard InChI is InChI=1S/C18H23NO4/c1-6-16(20)22-11-15(23-17(19)21)18(4,5)14-9-7-8-13(10-14)12(2)3/h6-10,15H,1-2,11H2,3-5H3,(H2,19,21). The van der Waals surface area contributed by atoms with E-state index in [0.717, 1.165) is 22.8 Å². The van der Waals surface area contributed by atoms with Gasteiger partial charge in [0.05, 0.1) is 0 Å². The number of amides is 1. The highest BCUT2D eigenvalue weighted by atomic mass is 16.6. The predicted molar refractivity (Wildman–Crippen MR) is 89.8 cm³/mol. The number of rotatable bonds is 7. The Morgan fingerprint density at radius 3 is 2.57 bits per heavy atom. The lowest BCUT2D eigenvalue weighted by Gasteiger charge is -2.33. The Morgan fingerprint density at radius 2 is 2.04 bits per heavy atom. The minimum Gasteiger partial charge on any atom is -0.459 e. The number of benzene rings is 1. The molecule has 0 bridgehead atoms. The monoisotopic (exact) mass is 317 g/mol. The van der Waals surface area contributed by atoms with Crippen LogP contribution >= 0.6 is 0 Å². The third kappa shape index (κ3) is 4.98. The molecule has 0 saturated heterocycles. The van der Waals surface area contributed by atoms with Crippen LogP contribution in [0.4, 0.5) is 4.79 Å². The third-order valence-corrected chi connectivity index (χ3v) is 3.71. The summed E-state index contributed by atoms with van der Waals surface area (Å²) < 4.78 is 10.2. The first-order valence-electron chi connectivity index (χ1n) is 7.20. The van der Waals surface area contributed by atoms with E-state index in [1.165, 1.54) is 0 Å². The molecule has 0 fully saturated rings. The maximum Gasteiger partial charge on any atom is 0.404 e. The van der Waals surface area contributed by atoms with Crippen molar-refractivity contribution < 1.29 is 19.1 Å². The van der Waals surface area contributed by atoms with Crippen LogP contribution in [0.5, 0.6) is 0 Å². The summed E-state index contributed by atoms with van der Waals surface area (Å²) in [6.07, 6.45) is -0.603. The smallest absolute Gasteiger partial charge is 0.404 e. The van der Waals surface area contributed by atoms with Crippen LogP contribution in [-0.2, 0) is 19.7 Å². The first-order chi connectivity index (χ1) is 10.7. The number of hydrogen-bond acceptors (Lipinski definition) is 4. The highest BCUT2D eigenvalue weighted by Gasteiger charge is 2.35. The Labute approximate surface area is 136 Å². The van der Waals surface area contributed by atoms with Crippen LogP contribution in [0.15, 0.2) is 43.5 Å². The number of allylic oxidation sites excluding steroid dienone is 1.